The van der Waals surface area contributed by atoms with Gasteiger partial charge in [-0.3, -0.25) is 9.59 Å². The van der Waals surface area contributed by atoms with Gasteiger partial charge in [-0.25, -0.2) is 0 Å². The Morgan fingerprint density at radius 2 is 1.60 bits per heavy atom. The summed E-state index contributed by atoms with van der Waals surface area (Å²) in [5, 5.41) is 4.69. The summed E-state index contributed by atoms with van der Waals surface area (Å²) in [5.41, 5.74) is 3.55. The zero-order valence-corrected chi connectivity index (χ0v) is 14.6. The molecule has 0 fully saturated rings. The summed E-state index contributed by atoms with van der Waals surface area (Å²) >= 11 is 1.54. The summed E-state index contributed by atoms with van der Waals surface area (Å²) in [6.45, 7) is 5.30. The van der Waals surface area contributed by atoms with Gasteiger partial charge in [0.25, 0.3) is 5.91 Å². The number of nitrogens with one attached hydrogen (secondary N) is 1. The number of anilines is 1. The van der Waals surface area contributed by atoms with Crippen molar-refractivity contribution in [1.82, 2.24) is 0 Å². The van der Waals surface area contributed by atoms with Gasteiger partial charge in [-0.05, 0) is 18.6 Å². The molecule has 1 aromatic heterocycles. The highest BCUT2D eigenvalue weighted by atomic mass is 32.1. The first kappa shape index (κ1) is 16.9. The smallest absolute Gasteiger partial charge is 0.250 e. The minimum Gasteiger partial charge on any atom is -0.321 e. The number of amides is 1. The van der Waals surface area contributed by atoms with Gasteiger partial charge in [0.15, 0.2) is 5.78 Å². The lowest BCUT2D eigenvalue weighted by molar-refractivity contribution is -0.112. The van der Waals surface area contributed by atoms with E-state index in [1.165, 1.54) is 11.3 Å². The van der Waals surface area contributed by atoms with Crippen molar-refractivity contribution < 1.29 is 9.59 Å². The van der Waals surface area contributed by atoms with E-state index in [1.807, 2.05) is 66.0 Å². The van der Waals surface area contributed by atoms with E-state index in [9.17, 15) is 9.59 Å². The fourth-order valence-corrected chi connectivity index (χ4v) is 3.18. The van der Waals surface area contributed by atoms with Crippen molar-refractivity contribution in [1.29, 1.82) is 0 Å². The van der Waals surface area contributed by atoms with E-state index < -0.39 is 0 Å². The Kier molecular flexibility index (Phi) is 4.91. The van der Waals surface area contributed by atoms with Crippen LogP contribution in [0, 0.1) is 0 Å². The van der Waals surface area contributed by atoms with E-state index in [0.717, 1.165) is 16.1 Å². The van der Waals surface area contributed by atoms with E-state index in [0.29, 0.717) is 16.7 Å². The van der Waals surface area contributed by atoms with Crippen LogP contribution in [0.3, 0.4) is 0 Å². The second kappa shape index (κ2) is 7.28. The van der Waals surface area contributed by atoms with Crippen LogP contribution in [0.1, 0.15) is 22.8 Å². The van der Waals surface area contributed by atoms with Gasteiger partial charge in [-0.2, -0.15) is 0 Å². The van der Waals surface area contributed by atoms with Crippen molar-refractivity contribution in [3.8, 4) is 10.4 Å². The summed E-state index contributed by atoms with van der Waals surface area (Å²) in [6.07, 6.45) is 0. The van der Waals surface area contributed by atoms with Crippen LogP contribution in [0.25, 0.3) is 10.4 Å². The molecule has 124 valence electrons. The molecule has 3 aromatic rings. The lowest BCUT2D eigenvalue weighted by Gasteiger charge is -2.03. The standard InChI is InChI=1S/C21H17NO2S/c1-14(2)21(24)22-18-12-19(25-13-18)15-8-10-17(11-9-15)20(23)16-6-4-3-5-7-16/h3-13H,1H2,2H3,(H,22,24). The van der Waals surface area contributed by atoms with Crippen molar-refractivity contribution in [3.05, 3.63) is 89.3 Å². The van der Waals surface area contributed by atoms with Gasteiger partial charge in [0.05, 0.1) is 5.69 Å². The molecular formula is C21H17NO2S. The predicted octanol–water partition coefficient (Wildman–Crippen LogP) is 5.16. The maximum absolute atomic E-state index is 12.4. The summed E-state index contributed by atoms with van der Waals surface area (Å²) in [4.78, 5) is 25.1. The zero-order valence-electron chi connectivity index (χ0n) is 13.8. The van der Waals surface area contributed by atoms with Crippen LogP contribution in [-0.4, -0.2) is 11.7 Å². The second-order valence-corrected chi connectivity index (χ2v) is 6.62. The summed E-state index contributed by atoms with van der Waals surface area (Å²) in [7, 11) is 0. The number of carbonyl (C=O) groups excluding carboxylic acids is 2. The highest BCUT2D eigenvalue weighted by Crippen LogP contribution is 2.30. The van der Waals surface area contributed by atoms with E-state index in [2.05, 4.69) is 11.9 Å². The fourth-order valence-electron chi connectivity index (χ4n) is 2.33. The maximum atomic E-state index is 12.4. The van der Waals surface area contributed by atoms with Gasteiger partial charge in [0.1, 0.15) is 0 Å². The third-order valence-corrected chi connectivity index (χ3v) is 4.69. The van der Waals surface area contributed by atoms with Crippen molar-refractivity contribution in [3.63, 3.8) is 0 Å². The molecule has 0 saturated carbocycles. The van der Waals surface area contributed by atoms with Crippen LogP contribution in [-0.2, 0) is 4.79 Å². The van der Waals surface area contributed by atoms with Crippen LogP contribution in [0.5, 0.6) is 0 Å². The molecule has 4 heteroatoms. The first-order valence-corrected chi connectivity index (χ1v) is 8.68. The Morgan fingerprint density at radius 1 is 0.960 bits per heavy atom. The Bertz CT molecular complexity index is 924. The van der Waals surface area contributed by atoms with Crippen molar-refractivity contribution in [2.75, 3.05) is 5.32 Å². The molecule has 3 rings (SSSR count). The zero-order chi connectivity index (χ0) is 17.8. The third-order valence-electron chi connectivity index (χ3n) is 3.71. The van der Waals surface area contributed by atoms with E-state index >= 15 is 0 Å². The molecular weight excluding hydrogens is 330 g/mol. The number of thiophene rings is 1. The molecule has 0 aliphatic carbocycles. The predicted molar refractivity (Wildman–Crippen MR) is 103 cm³/mol. The Balaban J connectivity index is 1.77. The van der Waals surface area contributed by atoms with E-state index in [-0.39, 0.29) is 11.7 Å². The Labute approximate surface area is 150 Å². The molecule has 0 unspecified atom stereocenters. The molecule has 0 spiro atoms. The second-order valence-electron chi connectivity index (χ2n) is 5.71. The van der Waals surface area contributed by atoms with Gasteiger partial charge in [-0.15, -0.1) is 11.3 Å². The molecule has 0 saturated heterocycles. The topological polar surface area (TPSA) is 46.2 Å². The number of benzene rings is 2. The van der Waals surface area contributed by atoms with Crippen LogP contribution in [0.2, 0.25) is 0 Å². The number of hydrogen-bond donors (Lipinski definition) is 1. The fraction of sp³-hybridized carbons (Fsp3) is 0.0476. The molecule has 25 heavy (non-hydrogen) atoms. The first-order valence-electron chi connectivity index (χ1n) is 7.80. The summed E-state index contributed by atoms with van der Waals surface area (Å²) in [5.74, 6) is -0.180. The number of rotatable bonds is 5. The summed E-state index contributed by atoms with van der Waals surface area (Å²) in [6, 6.07) is 18.6. The lowest BCUT2D eigenvalue weighted by Crippen LogP contribution is -2.10. The van der Waals surface area contributed by atoms with Gasteiger partial charge < -0.3 is 5.32 Å². The molecule has 0 radical (unpaired) electrons. The van der Waals surface area contributed by atoms with Gasteiger partial charge in [0, 0.05) is 27.0 Å². The van der Waals surface area contributed by atoms with E-state index in [4.69, 9.17) is 0 Å². The largest absolute Gasteiger partial charge is 0.321 e. The molecule has 1 heterocycles. The van der Waals surface area contributed by atoms with Gasteiger partial charge in [-0.1, -0.05) is 61.2 Å². The molecule has 0 aliphatic heterocycles. The molecule has 3 nitrogen and oxygen atoms in total. The molecule has 0 aliphatic rings. The first-order chi connectivity index (χ1) is 12.0. The van der Waals surface area contributed by atoms with Gasteiger partial charge in [0.2, 0.25) is 0 Å². The van der Waals surface area contributed by atoms with E-state index in [1.54, 1.807) is 6.92 Å². The minimum absolute atomic E-state index is 0.00717. The van der Waals surface area contributed by atoms with Crippen molar-refractivity contribution in [2.24, 2.45) is 0 Å². The van der Waals surface area contributed by atoms with Crippen LogP contribution >= 0.6 is 11.3 Å². The third kappa shape index (κ3) is 3.92. The Morgan fingerprint density at radius 3 is 2.24 bits per heavy atom. The monoisotopic (exact) mass is 347 g/mol. The SMILES string of the molecule is C=C(C)C(=O)Nc1csc(-c2ccc(C(=O)c3ccccc3)cc2)c1. The van der Waals surface area contributed by atoms with Crippen LogP contribution < -0.4 is 5.32 Å². The average Bonchev–Trinajstić information content (AvgIpc) is 3.10. The molecule has 1 N–H and O–H groups in total. The lowest BCUT2D eigenvalue weighted by atomic mass is 10.0. The van der Waals surface area contributed by atoms with Crippen LogP contribution in [0.4, 0.5) is 5.69 Å². The normalized spacial score (nSPS) is 10.3. The van der Waals surface area contributed by atoms with Crippen molar-refractivity contribution in [2.45, 2.75) is 6.92 Å². The highest BCUT2D eigenvalue weighted by molar-refractivity contribution is 7.14. The summed E-state index contributed by atoms with van der Waals surface area (Å²) < 4.78 is 0. The van der Waals surface area contributed by atoms with Gasteiger partial charge >= 0.3 is 0 Å². The minimum atomic E-state index is -0.187. The van der Waals surface area contributed by atoms with Crippen LogP contribution in [0.15, 0.2) is 78.2 Å². The molecule has 1 amide bonds. The quantitative estimate of drug-likeness (QED) is 0.512. The molecule has 0 atom stereocenters. The Hall–Kier alpha value is -2.98. The van der Waals surface area contributed by atoms with Crippen molar-refractivity contribution >= 4 is 28.7 Å². The highest BCUT2D eigenvalue weighted by Gasteiger charge is 2.10. The number of ketones is 1. The average molecular weight is 347 g/mol. The molecule has 2 aromatic carbocycles. The maximum Gasteiger partial charge on any atom is 0.250 e. The molecule has 0 bridgehead atoms. The number of hydrogen-bond acceptors (Lipinski definition) is 3. The number of carbonyl (C=O) groups is 2.